The second-order valence-corrected chi connectivity index (χ2v) is 2.43. The molecular formula is C8H13N3O. The zero-order chi connectivity index (χ0) is 8.81. The van der Waals surface area contributed by atoms with Crippen molar-refractivity contribution in [3.05, 3.63) is 18.2 Å². The molecule has 1 heterocycles. The fourth-order valence-electron chi connectivity index (χ4n) is 0.916. The van der Waals surface area contributed by atoms with Gasteiger partial charge in [0.1, 0.15) is 0 Å². The number of aryl methyl sites for hydroxylation is 1. The van der Waals surface area contributed by atoms with Gasteiger partial charge in [-0.1, -0.05) is 0 Å². The van der Waals surface area contributed by atoms with Gasteiger partial charge in [0.25, 0.3) is 0 Å². The fraction of sp³-hybridized carbons (Fsp3) is 0.500. The third-order valence-corrected chi connectivity index (χ3v) is 1.49. The molecule has 0 bridgehead atoms. The Kier molecular flexibility index (Phi) is 3.32. The fourth-order valence-corrected chi connectivity index (χ4v) is 0.916. The first-order valence-electron chi connectivity index (χ1n) is 4.00. The summed E-state index contributed by atoms with van der Waals surface area (Å²) in [6.45, 7) is 2.45. The maximum Gasteiger partial charge on any atom is 0.180 e. The van der Waals surface area contributed by atoms with Gasteiger partial charge in [-0.15, -0.1) is 0 Å². The number of hydrogen-bond acceptors (Lipinski definition) is 3. The summed E-state index contributed by atoms with van der Waals surface area (Å²) in [5.41, 5.74) is 1.04. The minimum absolute atomic E-state index is 0.340. The van der Waals surface area contributed by atoms with E-state index in [4.69, 9.17) is 10.1 Å². The molecule has 0 fully saturated rings. The number of aromatic nitrogens is 2. The van der Waals surface area contributed by atoms with E-state index in [1.54, 1.807) is 12.5 Å². The highest BCUT2D eigenvalue weighted by Crippen LogP contribution is 1.98. The summed E-state index contributed by atoms with van der Waals surface area (Å²) in [5.74, 6) is 0.340. The number of aromatic amines is 1. The van der Waals surface area contributed by atoms with Crippen molar-refractivity contribution in [3.63, 3.8) is 0 Å². The van der Waals surface area contributed by atoms with Gasteiger partial charge in [-0.2, -0.15) is 0 Å². The van der Waals surface area contributed by atoms with Crippen LogP contribution in [0.4, 0.5) is 0 Å². The summed E-state index contributed by atoms with van der Waals surface area (Å²) in [4.78, 5) is 6.85. The van der Waals surface area contributed by atoms with Crippen LogP contribution in [-0.2, 0) is 11.2 Å². The molecule has 0 saturated carbocycles. The number of hydrogen-bond donors (Lipinski definition) is 2. The predicted molar refractivity (Wildman–Crippen MR) is 46.3 cm³/mol. The number of imidazole rings is 1. The van der Waals surface area contributed by atoms with Gasteiger partial charge >= 0.3 is 0 Å². The highest BCUT2D eigenvalue weighted by molar-refractivity contribution is 5.72. The van der Waals surface area contributed by atoms with Crippen molar-refractivity contribution in [3.8, 4) is 0 Å². The SMILES string of the molecule is CCOC(=N)CCc1cnc[nH]1. The molecule has 4 nitrogen and oxygen atoms in total. The van der Waals surface area contributed by atoms with E-state index in [1.165, 1.54) is 0 Å². The molecule has 2 N–H and O–H groups in total. The summed E-state index contributed by atoms with van der Waals surface area (Å²) < 4.78 is 4.99. The third kappa shape index (κ3) is 2.74. The average Bonchev–Trinajstić information content (AvgIpc) is 2.53. The zero-order valence-corrected chi connectivity index (χ0v) is 7.13. The maximum absolute atomic E-state index is 7.33. The minimum Gasteiger partial charge on any atom is -0.481 e. The lowest BCUT2D eigenvalue weighted by molar-refractivity contribution is 0.314. The van der Waals surface area contributed by atoms with Crippen molar-refractivity contribution in [1.29, 1.82) is 5.41 Å². The van der Waals surface area contributed by atoms with Crippen molar-refractivity contribution in [2.24, 2.45) is 0 Å². The first-order chi connectivity index (χ1) is 5.83. The molecular weight excluding hydrogens is 154 g/mol. The Morgan fingerprint density at radius 2 is 2.58 bits per heavy atom. The molecule has 0 aromatic carbocycles. The zero-order valence-electron chi connectivity index (χ0n) is 7.13. The van der Waals surface area contributed by atoms with E-state index in [-0.39, 0.29) is 0 Å². The van der Waals surface area contributed by atoms with Gasteiger partial charge in [0.15, 0.2) is 5.90 Å². The second-order valence-electron chi connectivity index (χ2n) is 2.43. The number of nitrogens with one attached hydrogen (secondary N) is 2. The topological polar surface area (TPSA) is 61.8 Å². The number of nitrogens with zero attached hydrogens (tertiary/aromatic N) is 1. The lowest BCUT2D eigenvalue weighted by Crippen LogP contribution is -2.04. The Hall–Kier alpha value is -1.32. The van der Waals surface area contributed by atoms with Gasteiger partial charge in [0.2, 0.25) is 0 Å². The predicted octanol–water partition coefficient (Wildman–Crippen LogP) is 1.36. The standard InChI is InChI=1S/C8H13N3O/c1-2-12-8(9)4-3-7-5-10-6-11-7/h5-6,9H,2-4H2,1H3,(H,10,11). The van der Waals surface area contributed by atoms with Crippen LogP contribution in [-0.4, -0.2) is 22.5 Å². The van der Waals surface area contributed by atoms with E-state index < -0.39 is 0 Å². The Balaban J connectivity index is 2.22. The summed E-state index contributed by atoms with van der Waals surface area (Å²) in [6.07, 6.45) is 4.83. The Labute approximate surface area is 71.5 Å². The quantitative estimate of drug-likeness (QED) is 0.525. The lowest BCUT2D eigenvalue weighted by atomic mass is 10.2. The minimum atomic E-state index is 0.340. The van der Waals surface area contributed by atoms with E-state index in [2.05, 4.69) is 9.97 Å². The molecule has 0 saturated heterocycles. The highest BCUT2D eigenvalue weighted by atomic mass is 16.5. The molecule has 1 aromatic rings. The highest BCUT2D eigenvalue weighted by Gasteiger charge is 1.98. The smallest absolute Gasteiger partial charge is 0.180 e. The van der Waals surface area contributed by atoms with Crippen LogP contribution in [0.3, 0.4) is 0 Å². The summed E-state index contributed by atoms with van der Waals surface area (Å²) in [5, 5.41) is 7.33. The van der Waals surface area contributed by atoms with Crippen LogP contribution in [0.15, 0.2) is 12.5 Å². The third-order valence-electron chi connectivity index (χ3n) is 1.49. The lowest BCUT2D eigenvalue weighted by Gasteiger charge is -2.02. The first kappa shape index (κ1) is 8.77. The summed E-state index contributed by atoms with van der Waals surface area (Å²) in [7, 11) is 0. The van der Waals surface area contributed by atoms with Crippen molar-refractivity contribution >= 4 is 5.90 Å². The van der Waals surface area contributed by atoms with Crippen LogP contribution in [0.25, 0.3) is 0 Å². The summed E-state index contributed by atoms with van der Waals surface area (Å²) >= 11 is 0. The molecule has 12 heavy (non-hydrogen) atoms. The van der Waals surface area contributed by atoms with Crippen molar-refractivity contribution < 1.29 is 4.74 Å². The normalized spacial score (nSPS) is 9.75. The van der Waals surface area contributed by atoms with Crippen molar-refractivity contribution in [2.75, 3.05) is 6.61 Å². The Morgan fingerprint density at radius 1 is 1.75 bits per heavy atom. The molecule has 66 valence electrons. The van der Waals surface area contributed by atoms with Gasteiger partial charge in [0, 0.05) is 18.3 Å². The molecule has 0 atom stereocenters. The van der Waals surface area contributed by atoms with E-state index in [1.807, 2.05) is 6.92 Å². The van der Waals surface area contributed by atoms with Gasteiger partial charge in [0.05, 0.1) is 12.9 Å². The van der Waals surface area contributed by atoms with E-state index in [9.17, 15) is 0 Å². The van der Waals surface area contributed by atoms with Crippen LogP contribution < -0.4 is 0 Å². The molecule has 0 aliphatic rings. The van der Waals surface area contributed by atoms with Crippen LogP contribution in [0.2, 0.25) is 0 Å². The molecule has 0 radical (unpaired) electrons. The number of rotatable bonds is 4. The molecule has 4 heteroatoms. The van der Waals surface area contributed by atoms with Gasteiger partial charge in [-0.25, -0.2) is 4.98 Å². The largest absolute Gasteiger partial charge is 0.481 e. The van der Waals surface area contributed by atoms with E-state index >= 15 is 0 Å². The number of H-pyrrole nitrogens is 1. The van der Waals surface area contributed by atoms with E-state index in [0.717, 1.165) is 12.1 Å². The molecule has 0 unspecified atom stereocenters. The Bertz CT molecular complexity index is 230. The molecule has 0 amide bonds. The first-order valence-corrected chi connectivity index (χ1v) is 4.00. The second kappa shape index (κ2) is 4.54. The van der Waals surface area contributed by atoms with Crippen molar-refractivity contribution in [2.45, 2.75) is 19.8 Å². The van der Waals surface area contributed by atoms with Crippen LogP contribution in [0.5, 0.6) is 0 Å². The molecule has 1 rings (SSSR count). The molecule has 0 spiro atoms. The van der Waals surface area contributed by atoms with Crippen LogP contribution in [0.1, 0.15) is 19.0 Å². The monoisotopic (exact) mass is 167 g/mol. The maximum atomic E-state index is 7.33. The van der Waals surface area contributed by atoms with Gasteiger partial charge < -0.3 is 9.72 Å². The van der Waals surface area contributed by atoms with E-state index in [0.29, 0.717) is 18.9 Å². The van der Waals surface area contributed by atoms with Gasteiger partial charge in [-0.3, -0.25) is 5.41 Å². The molecule has 0 aliphatic heterocycles. The van der Waals surface area contributed by atoms with Gasteiger partial charge in [-0.05, 0) is 13.3 Å². The average molecular weight is 167 g/mol. The molecule has 0 aliphatic carbocycles. The van der Waals surface area contributed by atoms with Crippen LogP contribution >= 0.6 is 0 Å². The van der Waals surface area contributed by atoms with Crippen molar-refractivity contribution in [1.82, 2.24) is 9.97 Å². The van der Waals surface area contributed by atoms with Crippen LogP contribution in [0, 0.1) is 5.41 Å². The number of ether oxygens (including phenoxy) is 1. The Morgan fingerprint density at radius 3 is 3.17 bits per heavy atom. The summed E-state index contributed by atoms with van der Waals surface area (Å²) in [6, 6.07) is 0. The molecule has 1 aromatic heterocycles.